The molecule has 0 aliphatic carbocycles. The molecule has 0 radical (unpaired) electrons. The van der Waals surface area contributed by atoms with Crippen LogP contribution in [-0.4, -0.2) is 50.8 Å². The average molecular weight is 393 g/mol. The van der Waals surface area contributed by atoms with Crippen molar-refractivity contribution in [2.45, 2.75) is 25.3 Å². The van der Waals surface area contributed by atoms with Crippen molar-refractivity contribution < 1.29 is 14.3 Å². The van der Waals surface area contributed by atoms with Crippen molar-refractivity contribution in [3.8, 4) is 17.4 Å². The summed E-state index contributed by atoms with van der Waals surface area (Å²) in [6.45, 7) is 1.56. The van der Waals surface area contributed by atoms with Gasteiger partial charge in [0.25, 0.3) is 0 Å². The van der Waals surface area contributed by atoms with E-state index in [9.17, 15) is 4.79 Å². The zero-order valence-electron chi connectivity index (χ0n) is 16.3. The van der Waals surface area contributed by atoms with E-state index in [1.165, 1.54) is 0 Å². The smallest absolute Gasteiger partial charge is 0.244 e. The van der Waals surface area contributed by atoms with Gasteiger partial charge in [-0.15, -0.1) is 0 Å². The topological polar surface area (TPSA) is 82.4 Å². The van der Waals surface area contributed by atoms with Gasteiger partial charge in [-0.1, -0.05) is 12.1 Å². The number of para-hydroxylation sites is 2. The van der Waals surface area contributed by atoms with Crippen LogP contribution >= 0.6 is 0 Å². The Morgan fingerprint density at radius 1 is 1.14 bits per heavy atom. The molecule has 29 heavy (non-hydrogen) atoms. The Hall–Kier alpha value is -3.42. The van der Waals surface area contributed by atoms with E-state index < -0.39 is 0 Å². The largest absolute Gasteiger partial charge is 0.493 e. The maximum Gasteiger partial charge on any atom is 0.244 e. The number of methoxy groups -OCH3 is 1. The van der Waals surface area contributed by atoms with E-state index in [0.717, 1.165) is 25.1 Å². The number of benzene rings is 1. The number of nitrogens with zero attached hydrogens (tertiary/aromatic N) is 5. The van der Waals surface area contributed by atoms with Crippen molar-refractivity contribution in [2.75, 3.05) is 20.2 Å². The molecule has 0 bridgehead atoms. The fourth-order valence-corrected chi connectivity index (χ4v) is 3.56. The molecule has 0 spiro atoms. The number of hydrogen-bond donors (Lipinski definition) is 0. The second-order valence-corrected chi connectivity index (χ2v) is 6.88. The molecule has 8 nitrogen and oxygen atoms in total. The minimum atomic E-state index is 0.0505. The molecule has 4 rings (SSSR count). The molecule has 0 unspecified atom stereocenters. The van der Waals surface area contributed by atoms with E-state index in [1.807, 2.05) is 35.2 Å². The van der Waals surface area contributed by atoms with Gasteiger partial charge in [0.2, 0.25) is 11.8 Å². The fourth-order valence-electron chi connectivity index (χ4n) is 3.56. The molecule has 1 amide bonds. The normalized spacial score (nSPS) is 16.4. The third-order valence-corrected chi connectivity index (χ3v) is 4.98. The number of hydrogen-bond acceptors (Lipinski definition) is 6. The van der Waals surface area contributed by atoms with Crippen molar-refractivity contribution in [1.82, 2.24) is 24.6 Å². The van der Waals surface area contributed by atoms with E-state index in [1.54, 1.807) is 36.6 Å². The predicted molar refractivity (Wildman–Crippen MR) is 106 cm³/mol. The van der Waals surface area contributed by atoms with E-state index in [0.29, 0.717) is 23.9 Å². The monoisotopic (exact) mass is 393 g/mol. The Balaban J connectivity index is 1.51. The van der Waals surface area contributed by atoms with Crippen LogP contribution in [0.3, 0.4) is 0 Å². The minimum Gasteiger partial charge on any atom is -0.493 e. The molecule has 8 heteroatoms. The van der Waals surface area contributed by atoms with Gasteiger partial charge in [-0.3, -0.25) is 14.5 Å². The molecule has 1 aromatic carbocycles. The summed E-state index contributed by atoms with van der Waals surface area (Å²) in [4.78, 5) is 23.5. The second kappa shape index (κ2) is 8.72. The highest BCUT2D eigenvalue weighted by Crippen LogP contribution is 2.35. The number of ether oxygens (including phenoxy) is 2. The number of likely N-dealkylation sites (tertiary alicyclic amines) is 1. The number of piperidine rings is 1. The average Bonchev–Trinajstić information content (AvgIpc) is 3.28. The van der Waals surface area contributed by atoms with Crippen LogP contribution in [0.2, 0.25) is 0 Å². The van der Waals surface area contributed by atoms with Gasteiger partial charge in [0.1, 0.15) is 12.2 Å². The molecule has 2 aromatic heterocycles. The van der Waals surface area contributed by atoms with E-state index >= 15 is 0 Å². The van der Waals surface area contributed by atoms with Gasteiger partial charge < -0.3 is 14.4 Å². The molecule has 150 valence electrons. The highest BCUT2D eigenvalue weighted by atomic mass is 16.5. The fraction of sp³-hybridized carbons (Fsp3) is 0.333. The zero-order valence-corrected chi connectivity index (χ0v) is 16.3. The van der Waals surface area contributed by atoms with Crippen molar-refractivity contribution >= 4 is 5.91 Å². The molecule has 1 aliphatic rings. The summed E-state index contributed by atoms with van der Waals surface area (Å²) in [6.07, 6.45) is 8.56. The lowest BCUT2D eigenvalue weighted by Crippen LogP contribution is -2.41. The quantitative estimate of drug-likeness (QED) is 0.640. The van der Waals surface area contributed by atoms with Gasteiger partial charge in [0, 0.05) is 43.8 Å². The molecular weight excluding hydrogens is 370 g/mol. The van der Waals surface area contributed by atoms with Gasteiger partial charge in [0.15, 0.2) is 11.5 Å². The van der Waals surface area contributed by atoms with E-state index in [-0.39, 0.29) is 18.4 Å². The Bertz CT molecular complexity index is 960. The van der Waals surface area contributed by atoms with Gasteiger partial charge in [-0.2, -0.15) is 5.10 Å². The third kappa shape index (κ3) is 4.37. The maximum absolute atomic E-state index is 12.7. The Morgan fingerprint density at radius 3 is 2.76 bits per heavy atom. The number of rotatable bonds is 6. The summed E-state index contributed by atoms with van der Waals surface area (Å²) >= 11 is 0. The summed E-state index contributed by atoms with van der Waals surface area (Å²) < 4.78 is 13.1. The second-order valence-electron chi connectivity index (χ2n) is 6.88. The minimum absolute atomic E-state index is 0.0505. The van der Waals surface area contributed by atoms with Gasteiger partial charge in [0.05, 0.1) is 7.11 Å². The number of carbonyl (C=O) groups excluding carboxylic acids is 1. The first-order chi connectivity index (χ1) is 14.2. The van der Waals surface area contributed by atoms with Gasteiger partial charge in [-0.05, 0) is 31.0 Å². The van der Waals surface area contributed by atoms with Crippen LogP contribution in [-0.2, 0) is 11.3 Å². The van der Waals surface area contributed by atoms with E-state index in [2.05, 4.69) is 15.1 Å². The van der Waals surface area contributed by atoms with Gasteiger partial charge >= 0.3 is 0 Å². The summed E-state index contributed by atoms with van der Waals surface area (Å²) in [7, 11) is 1.60. The van der Waals surface area contributed by atoms with Crippen LogP contribution in [0, 0.1) is 0 Å². The first-order valence-electron chi connectivity index (χ1n) is 9.61. The summed E-state index contributed by atoms with van der Waals surface area (Å²) in [5, 5.41) is 4.12. The molecule has 0 saturated carbocycles. The van der Waals surface area contributed by atoms with Crippen LogP contribution in [0.15, 0.2) is 55.1 Å². The number of carbonyl (C=O) groups is 1. The number of aromatic nitrogens is 4. The summed E-state index contributed by atoms with van der Waals surface area (Å²) in [5.41, 5.74) is 0.759. The zero-order chi connectivity index (χ0) is 20.1. The van der Waals surface area contributed by atoms with Gasteiger partial charge in [-0.25, -0.2) is 4.98 Å². The molecule has 1 aliphatic heterocycles. The highest BCUT2D eigenvalue weighted by molar-refractivity contribution is 5.76. The van der Waals surface area contributed by atoms with Crippen LogP contribution < -0.4 is 9.47 Å². The Labute approximate surface area is 169 Å². The van der Waals surface area contributed by atoms with Crippen molar-refractivity contribution in [2.24, 2.45) is 0 Å². The molecule has 0 N–H and O–H groups in total. The SMILES string of the molecule is COc1ccccc1Oc1nccnc1[C@H]1CCCN(C(=O)Cn2cccn2)C1. The molecule has 3 heterocycles. The predicted octanol–water partition coefficient (Wildman–Crippen LogP) is 2.88. The molecular formula is C21H23N5O3. The lowest BCUT2D eigenvalue weighted by Gasteiger charge is -2.32. The van der Waals surface area contributed by atoms with E-state index in [4.69, 9.17) is 9.47 Å². The third-order valence-electron chi connectivity index (χ3n) is 4.98. The van der Waals surface area contributed by atoms with Crippen LogP contribution in [0.4, 0.5) is 0 Å². The molecule has 1 fully saturated rings. The Kier molecular flexibility index (Phi) is 5.69. The Morgan fingerprint density at radius 2 is 1.97 bits per heavy atom. The summed E-state index contributed by atoms with van der Waals surface area (Å²) in [6, 6.07) is 9.24. The first-order valence-corrected chi connectivity index (χ1v) is 9.61. The molecule has 1 atom stereocenters. The number of amides is 1. The van der Waals surface area contributed by atoms with Crippen molar-refractivity contribution in [3.05, 3.63) is 60.8 Å². The lowest BCUT2D eigenvalue weighted by atomic mass is 9.94. The lowest BCUT2D eigenvalue weighted by molar-refractivity contribution is -0.133. The molecule has 3 aromatic rings. The van der Waals surface area contributed by atoms with Crippen molar-refractivity contribution in [1.29, 1.82) is 0 Å². The van der Waals surface area contributed by atoms with Crippen LogP contribution in [0.5, 0.6) is 17.4 Å². The first kappa shape index (κ1) is 18.9. The van der Waals surface area contributed by atoms with Crippen molar-refractivity contribution in [3.63, 3.8) is 0 Å². The van der Waals surface area contributed by atoms with Crippen LogP contribution in [0.1, 0.15) is 24.5 Å². The molecule has 1 saturated heterocycles. The summed E-state index contributed by atoms with van der Waals surface area (Å²) in [5.74, 6) is 1.77. The maximum atomic E-state index is 12.7. The highest BCUT2D eigenvalue weighted by Gasteiger charge is 2.28. The van der Waals surface area contributed by atoms with Crippen LogP contribution in [0.25, 0.3) is 0 Å². The standard InChI is InChI=1S/C21H23N5O3/c1-28-17-7-2-3-8-18(17)29-21-20(22-10-11-23-21)16-6-4-12-25(14-16)19(27)15-26-13-5-9-24-26/h2-3,5,7-11,13,16H,4,6,12,14-15H2,1H3/t16-/m0/s1.